The van der Waals surface area contributed by atoms with Gasteiger partial charge in [-0.15, -0.1) is 0 Å². The lowest BCUT2D eigenvalue weighted by molar-refractivity contribution is -0.141. The Kier molecular flexibility index (Phi) is 8.49. The minimum absolute atomic E-state index is 0.132. The standard InChI is InChI=1S/C15H24N4O7/c1-8(15(25)26)18-11(20)7-17-13(23)10(4-5-12(21)22)19-14(24)9-3-2-6-16-9/h8-10,16H,2-7H2,1H3,(H,17,23)(H,18,20)(H,19,24)(H,21,22)(H,25,26). The van der Waals surface area contributed by atoms with E-state index < -0.39 is 54.3 Å². The summed E-state index contributed by atoms with van der Waals surface area (Å²) >= 11 is 0. The number of hydrogen-bond donors (Lipinski definition) is 6. The summed E-state index contributed by atoms with van der Waals surface area (Å²) in [7, 11) is 0. The average molecular weight is 372 g/mol. The summed E-state index contributed by atoms with van der Waals surface area (Å²) < 4.78 is 0. The molecule has 0 bridgehead atoms. The van der Waals surface area contributed by atoms with Crippen LogP contribution in [0.3, 0.4) is 0 Å². The molecule has 1 saturated heterocycles. The van der Waals surface area contributed by atoms with Crippen LogP contribution in [0, 0.1) is 0 Å². The zero-order chi connectivity index (χ0) is 19.7. The fourth-order valence-corrected chi connectivity index (χ4v) is 2.36. The molecule has 3 amide bonds. The van der Waals surface area contributed by atoms with E-state index in [-0.39, 0.29) is 12.8 Å². The molecule has 1 rings (SSSR count). The third-order valence-corrected chi connectivity index (χ3v) is 3.83. The molecule has 0 aromatic carbocycles. The van der Waals surface area contributed by atoms with Gasteiger partial charge in [0.25, 0.3) is 0 Å². The highest BCUT2D eigenvalue weighted by molar-refractivity contribution is 5.92. The van der Waals surface area contributed by atoms with Gasteiger partial charge < -0.3 is 31.5 Å². The number of aliphatic carboxylic acids is 2. The molecule has 26 heavy (non-hydrogen) atoms. The Morgan fingerprint density at radius 1 is 1.15 bits per heavy atom. The Labute approximate surface area is 149 Å². The summed E-state index contributed by atoms with van der Waals surface area (Å²) in [5, 5.41) is 27.4. The molecule has 0 aromatic rings. The van der Waals surface area contributed by atoms with Crippen molar-refractivity contribution in [2.45, 2.75) is 50.7 Å². The molecule has 1 aliphatic rings. The molecule has 0 spiro atoms. The predicted molar refractivity (Wildman–Crippen MR) is 88.1 cm³/mol. The first-order chi connectivity index (χ1) is 12.2. The first kappa shape index (κ1) is 21.4. The van der Waals surface area contributed by atoms with Crippen LogP contribution in [0.1, 0.15) is 32.6 Å². The molecule has 0 radical (unpaired) electrons. The summed E-state index contributed by atoms with van der Waals surface area (Å²) in [6.07, 6.45) is 0.978. The zero-order valence-corrected chi connectivity index (χ0v) is 14.4. The van der Waals surface area contributed by atoms with Crippen LogP contribution < -0.4 is 21.3 Å². The van der Waals surface area contributed by atoms with Crippen molar-refractivity contribution in [3.63, 3.8) is 0 Å². The van der Waals surface area contributed by atoms with Crippen molar-refractivity contribution in [3.05, 3.63) is 0 Å². The van der Waals surface area contributed by atoms with Gasteiger partial charge in [-0.05, 0) is 32.7 Å². The van der Waals surface area contributed by atoms with Gasteiger partial charge in [0.1, 0.15) is 12.1 Å². The summed E-state index contributed by atoms with van der Waals surface area (Å²) in [6, 6.07) is -2.66. The van der Waals surface area contributed by atoms with E-state index in [1.165, 1.54) is 6.92 Å². The normalized spacial score (nSPS) is 18.4. The van der Waals surface area contributed by atoms with Gasteiger partial charge in [0.15, 0.2) is 0 Å². The second-order valence-corrected chi connectivity index (χ2v) is 5.99. The molecule has 0 aliphatic carbocycles. The number of nitrogens with one attached hydrogen (secondary N) is 4. The van der Waals surface area contributed by atoms with E-state index in [1.54, 1.807) is 0 Å². The van der Waals surface area contributed by atoms with Crippen molar-refractivity contribution in [1.82, 2.24) is 21.3 Å². The lowest BCUT2D eigenvalue weighted by Crippen LogP contribution is -2.53. The molecule has 146 valence electrons. The second-order valence-electron chi connectivity index (χ2n) is 5.99. The molecule has 0 aromatic heterocycles. The molecule has 1 aliphatic heterocycles. The SMILES string of the molecule is CC(NC(=O)CNC(=O)C(CCC(=O)O)NC(=O)C1CCCN1)C(=O)O. The van der Waals surface area contributed by atoms with E-state index in [0.29, 0.717) is 13.0 Å². The molecule has 1 fully saturated rings. The van der Waals surface area contributed by atoms with Crippen molar-refractivity contribution >= 4 is 29.7 Å². The minimum Gasteiger partial charge on any atom is -0.481 e. The lowest BCUT2D eigenvalue weighted by atomic mass is 10.1. The van der Waals surface area contributed by atoms with E-state index in [1.807, 2.05) is 0 Å². The maximum Gasteiger partial charge on any atom is 0.325 e. The molecular formula is C15H24N4O7. The second kappa shape index (κ2) is 10.3. The van der Waals surface area contributed by atoms with Crippen LogP contribution in [0.15, 0.2) is 0 Å². The first-order valence-corrected chi connectivity index (χ1v) is 8.26. The molecule has 1 heterocycles. The fourth-order valence-electron chi connectivity index (χ4n) is 2.36. The van der Waals surface area contributed by atoms with Gasteiger partial charge in [-0.3, -0.25) is 24.0 Å². The number of carbonyl (C=O) groups excluding carboxylic acids is 3. The van der Waals surface area contributed by atoms with Crippen molar-refractivity contribution < 1.29 is 34.2 Å². The van der Waals surface area contributed by atoms with Gasteiger partial charge in [-0.2, -0.15) is 0 Å². The smallest absolute Gasteiger partial charge is 0.325 e. The topological polar surface area (TPSA) is 174 Å². The maximum atomic E-state index is 12.2. The van der Waals surface area contributed by atoms with Crippen LogP contribution in [-0.2, 0) is 24.0 Å². The van der Waals surface area contributed by atoms with Crippen LogP contribution >= 0.6 is 0 Å². The lowest BCUT2D eigenvalue weighted by Gasteiger charge is -2.20. The highest BCUT2D eigenvalue weighted by atomic mass is 16.4. The van der Waals surface area contributed by atoms with Crippen molar-refractivity contribution in [2.75, 3.05) is 13.1 Å². The zero-order valence-electron chi connectivity index (χ0n) is 14.4. The van der Waals surface area contributed by atoms with E-state index in [9.17, 15) is 24.0 Å². The number of carboxylic acid groups (broad SMARTS) is 2. The van der Waals surface area contributed by atoms with Gasteiger partial charge in [-0.1, -0.05) is 0 Å². The largest absolute Gasteiger partial charge is 0.481 e. The number of carbonyl (C=O) groups is 5. The Bertz CT molecular complexity index is 560. The highest BCUT2D eigenvalue weighted by Gasteiger charge is 2.28. The van der Waals surface area contributed by atoms with Crippen molar-refractivity contribution in [3.8, 4) is 0 Å². The molecular weight excluding hydrogens is 348 g/mol. The maximum absolute atomic E-state index is 12.2. The minimum atomic E-state index is -1.22. The highest BCUT2D eigenvalue weighted by Crippen LogP contribution is 2.06. The van der Waals surface area contributed by atoms with E-state index in [2.05, 4.69) is 21.3 Å². The van der Waals surface area contributed by atoms with Crippen molar-refractivity contribution in [2.24, 2.45) is 0 Å². The Morgan fingerprint density at radius 3 is 2.38 bits per heavy atom. The van der Waals surface area contributed by atoms with Crippen LogP contribution in [0.4, 0.5) is 0 Å². The Balaban J connectivity index is 2.56. The monoisotopic (exact) mass is 372 g/mol. The van der Waals surface area contributed by atoms with Crippen LogP contribution in [0.5, 0.6) is 0 Å². The van der Waals surface area contributed by atoms with E-state index in [0.717, 1.165) is 6.42 Å². The predicted octanol–water partition coefficient (Wildman–Crippen LogP) is -2.21. The summed E-state index contributed by atoms with van der Waals surface area (Å²) in [6.45, 7) is 1.47. The van der Waals surface area contributed by atoms with Gasteiger partial charge in [0.2, 0.25) is 17.7 Å². The van der Waals surface area contributed by atoms with Gasteiger partial charge in [-0.25, -0.2) is 0 Å². The number of amides is 3. The molecule has 11 heteroatoms. The van der Waals surface area contributed by atoms with Gasteiger partial charge >= 0.3 is 11.9 Å². The molecule has 3 atom stereocenters. The van der Waals surface area contributed by atoms with Gasteiger partial charge in [0, 0.05) is 6.42 Å². The Morgan fingerprint density at radius 2 is 1.85 bits per heavy atom. The average Bonchev–Trinajstić information content (AvgIpc) is 3.10. The molecule has 6 N–H and O–H groups in total. The molecule has 11 nitrogen and oxygen atoms in total. The number of carboxylic acids is 2. The third-order valence-electron chi connectivity index (χ3n) is 3.83. The third kappa shape index (κ3) is 7.47. The summed E-state index contributed by atoms with van der Waals surface area (Å²) in [5.74, 6) is -4.17. The van der Waals surface area contributed by atoms with E-state index >= 15 is 0 Å². The summed E-state index contributed by atoms with van der Waals surface area (Å²) in [5.41, 5.74) is 0. The fraction of sp³-hybridized carbons (Fsp3) is 0.667. The Hall–Kier alpha value is -2.69. The van der Waals surface area contributed by atoms with Gasteiger partial charge in [0.05, 0.1) is 12.6 Å². The molecule has 0 saturated carbocycles. The summed E-state index contributed by atoms with van der Waals surface area (Å²) in [4.78, 5) is 57.3. The number of hydrogen-bond acceptors (Lipinski definition) is 6. The molecule has 3 unspecified atom stereocenters. The van der Waals surface area contributed by atoms with Crippen LogP contribution in [-0.4, -0.2) is 71.1 Å². The number of rotatable bonds is 10. The van der Waals surface area contributed by atoms with E-state index in [4.69, 9.17) is 10.2 Å². The first-order valence-electron chi connectivity index (χ1n) is 8.26. The van der Waals surface area contributed by atoms with Crippen LogP contribution in [0.25, 0.3) is 0 Å². The van der Waals surface area contributed by atoms with Crippen LogP contribution in [0.2, 0.25) is 0 Å². The van der Waals surface area contributed by atoms with Crippen molar-refractivity contribution in [1.29, 1.82) is 0 Å². The quantitative estimate of drug-likeness (QED) is 0.250.